The molecule has 92 valence electrons. The molecular weight excluding hydrogens is 238 g/mol. The predicted molar refractivity (Wildman–Crippen MR) is 65.8 cm³/mol. The van der Waals surface area contributed by atoms with Crippen molar-refractivity contribution in [3.8, 4) is 0 Å². The molecule has 2 aromatic heterocycles. The second kappa shape index (κ2) is 5.74. The highest BCUT2D eigenvalue weighted by Crippen LogP contribution is 1.98. The van der Waals surface area contributed by atoms with Gasteiger partial charge in [0.25, 0.3) is 0 Å². The van der Waals surface area contributed by atoms with Crippen LogP contribution in [0.4, 0.5) is 0 Å². The summed E-state index contributed by atoms with van der Waals surface area (Å²) in [6, 6.07) is 0. The van der Waals surface area contributed by atoms with Crippen molar-refractivity contribution in [3.63, 3.8) is 0 Å². The van der Waals surface area contributed by atoms with Crippen LogP contribution >= 0.6 is 11.3 Å². The Morgan fingerprint density at radius 2 is 2.41 bits per heavy atom. The van der Waals surface area contributed by atoms with Crippen LogP contribution in [0.15, 0.2) is 16.5 Å². The zero-order valence-electron chi connectivity index (χ0n) is 9.64. The van der Waals surface area contributed by atoms with E-state index in [2.05, 4.69) is 27.3 Å². The van der Waals surface area contributed by atoms with Gasteiger partial charge in [0.05, 0.1) is 6.54 Å². The van der Waals surface area contributed by atoms with Crippen LogP contribution in [0.25, 0.3) is 0 Å². The smallest absolute Gasteiger partial charge is 0.304 e. The summed E-state index contributed by atoms with van der Waals surface area (Å²) < 4.78 is 1.89. The summed E-state index contributed by atoms with van der Waals surface area (Å²) >= 11 is 1.18. The molecule has 0 saturated heterocycles. The molecule has 0 radical (unpaired) electrons. The molecule has 0 amide bonds. The zero-order chi connectivity index (χ0) is 12.1. The summed E-state index contributed by atoms with van der Waals surface area (Å²) in [7, 11) is 0. The second-order valence-electron chi connectivity index (χ2n) is 3.68. The van der Waals surface area contributed by atoms with Gasteiger partial charge in [0.15, 0.2) is 0 Å². The van der Waals surface area contributed by atoms with Gasteiger partial charge in [-0.3, -0.25) is 4.79 Å². The molecule has 0 spiro atoms. The van der Waals surface area contributed by atoms with Crippen molar-refractivity contribution in [1.82, 2.24) is 25.1 Å². The molecule has 17 heavy (non-hydrogen) atoms. The van der Waals surface area contributed by atoms with Gasteiger partial charge in [0, 0.05) is 24.2 Å². The number of aryl methyl sites for hydroxylation is 1. The Labute approximate surface area is 103 Å². The quantitative estimate of drug-likeness (QED) is 0.795. The van der Waals surface area contributed by atoms with Gasteiger partial charge in [-0.25, -0.2) is 9.67 Å². The Balaban J connectivity index is 1.85. The lowest BCUT2D eigenvalue weighted by atomic mass is 10.4. The summed E-state index contributed by atoms with van der Waals surface area (Å²) in [5.74, 6) is 0.921. The molecule has 0 atom stereocenters. The topological polar surface area (TPSA) is 75.6 Å². The van der Waals surface area contributed by atoms with Crippen LogP contribution in [-0.4, -0.2) is 19.7 Å². The first-order chi connectivity index (χ1) is 8.29. The second-order valence-corrected chi connectivity index (χ2v) is 4.52. The van der Waals surface area contributed by atoms with Crippen LogP contribution in [0, 0.1) is 0 Å². The maximum atomic E-state index is 10.9. The number of aromatic nitrogens is 4. The van der Waals surface area contributed by atoms with Gasteiger partial charge in [-0.15, -0.1) is 0 Å². The molecule has 0 aromatic carbocycles. The molecule has 0 unspecified atom stereocenters. The summed E-state index contributed by atoms with van der Waals surface area (Å²) in [5.41, 5.74) is 0.904. The van der Waals surface area contributed by atoms with Crippen molar-refractivity contribution in [2.75, 3.05) is 0 Å². The van der Waals surface area contributed by atoms with Crippen LogP contribution in [0.2, 0.25) is 0 Å². The fourth-order valence-corrected chi connectivity index (χ4v) is 2.11. The SMILES string of the molecule is CCCn1ncnc1CNCc1csc(=O)[nH]1. The number of H-pyrrole nitrogens is 1. The van der Waals surface area contributed by atoms with Gasteiger partial charge < -0.3 is 10.3 Å². The average molecular weight is 253 g/mol. The molecule has 2 N–H and O–H groups in total. The molecule has 0 fully saturated rings. The summed E-state index contributed by atoms with van der Waals surface area (Å²) in [6.45, 7) is 4.27. The molecule has 2 aromatic rings. The van der Waals surface area contributed by atoms with Crippen molar-refractivity contribution < 1.29 is 0 Å². The van der Waals surface area contributed by atoms with Gasteiger partial charge in [-0.1, -0.05) is 18.3 Å². The molecular formula is C10H15N5OS. The fraction of sp³-hybridized carbons (Fsp3) is 0.500. The number of aromatic amines is 1. The van der Waals surface area contributed by atoms with E-state index >= 15 is 0 Å². The van der Waals surface area contributed by atoms with E-state index in [9.17, 15) is 4.79 Å². The highest BCUT2D eigenvalue weighted by atomic mass is 32.1. The number of nitrogens with zero attached hydrogens (tertiary/aromatic N) is 3. The first-order valence-electron chi connectivity index (χ1n) is 5.53. The lowest BCUT2D eigenvalue weighted by Gasteiger charge is -2.05. The molecule has 0 aliphatic carbocycles. The van der Waals surface area contributed by atoms with Crippen molar-refractivity contribution in [1.29, 1.82) is 0 Å². The molecule has 6 nitrogen and oxygen atoms in total. The van der Waals surface area contributed by atoms with Gasteiger partial charge in [-0.2, -0.15) is 5.10 Å². The third-order valence-corrected chi connectivity index (χ3v) is 3.02. The Bertz CT molecular complexity index is 514. The minimum atomic E-state index is -0.0176. The van der Waals surface area contributed by atoms with Crippen LogP contribution in [0.3, 0.4) is 0 Å². The summed E-state index contributed by atoms with van der Waals surface area (Å²) in [6.07, 6.45) is 2.60. The Hall–Kier alpha value is -1.47. The van der Waals surface area contributed by atoms with Crippen molar-refractivity contribution >= 4 is 11.3 Å². The van der Waals surface area contributed by atoms with E-state index < -0.39 is 0 Å². The van der Waals surface area contributed by atoms with E-state index in [-0.39, 0.29) is 4.87 Å². The van der Waals surface area contributed by atoms with Gasteiger partial charge >= 0.3 is 4.87 Å². The molecule has 0 aliphatic heterocycles. The van der Waals surface area contributed by atoms with Crippen molar-refractivity contribution in [2.45, 2.75) is 33.0 Å². The molecule has 0 saturated carbocycles. The maximum absolute atomic E-state index is 10.9. The van der Waals surface area contributed by atoms with Gasteiger partial charge in [0.2, 0.25) is 0 Å². The predicted octanol–water partition coefficient (Wildman–Crippen LogP) is 0.728. The van der Waals surface area contributed by atoms with Crippen LogP contribution in [0.5, 0.6) is 0 Å². The minimum absolute atomic E-state index is 0.0176. The van der Waals surface area contributed by atoms with Crippen LogP contribution in [-0.2, 0) is 19.6 Å². The zero-order valence-corrected chi connectivity index (χ0v) is 10.5. The van der Waals surface area contributed by atoms with Crippen LogP contribution < -0.4 is 10.2 Å². The third-order valence-electron chi connectivity index (χ3n) is 2.30. The van der Waals surface area contributed by atoms with Crippen molar-refractivity contribution in [2.24, 2.45) is 0 Å². The Kier molecular flexibility index (Phi) is 4.05. The average Bonchev–Trinajstić information content (AvgIpc) is 2.90. The van der Waals surface area contributed by atoms with Gasteiger partial charge in [-0.05, 0) is 6.42 Å². The highest BCUT2D eigenvalue weighted by Gasteiger charge is 2.03. The third kappa shape index (κ3) is 3.24. The standard InChI is InChI=1S/C10H15N5OS/c1-2-3-15-9(12-7-13-15)5-11-4-8-6-17-10(16)14-8/h6-7,11H,2-5H2,1H3,(H,14,16). The Morgan fingerprint density at radius 1 is 1.53 bits per heavy atom. The number of thiazole rings is 1. The number of rotatable bonds is 6. The monoisotopic (exact) mass is 253 g/mol. The van der Waals surface area contributed by atoms with Crippen molar-refractivity contribution in [3.05, 3.63) is 32.9 Å². The van der Waals surface area contributed by atoms with E-state index in [1.807, 2.05) is 10.1 Å². The lowest BCUT2D eigenvalue weighted by molar-refractivity contribution is 0.541. The molecule has 0 aliphatic rings. The Morgan fingerprint density at radius 3 is 3.12 bits per heavy atom. The summed E-state index contributed by atoms with van der Waals surface area (Å²) in [4.78, 5) is 17.9. The normalized spacial score (nSPS) is 10.9. The minimum Gasteiger partial charge on any atom is -0.315 e. The first-order valence-corrected chi connectivity index (χ1v) is 6.41. The molecule has 2 rings (SSSR count). The fourth-order valence-electron chi connectivity index (χ4n) is 1.53. The number of hydrogen-bond donors (Lipinski definition) is 2. The lowest BCUT2D eigenvalue weighted by Crippen LogP contribution is -2.18. The maximum Gasteiger partial charge on any atom is 0.304 e. The molecule has 7 heteroatoms. The first kappa shape index (κ1) is 12.0. The highest BCUT2D eigenvalue weighted by molar-refractivity contribution is 7.07. The van der Waals surface area contributed by atoms with E-state index in [0.717, 1.165) is 24.5 Å². The van der Waals surface area contributed by atoms with E-state index in [1.165, 1.54) is 11.3 Å². The van der Waals surface area contributed by atoms with Gasteiger partial charge in [0.1, 0.15) is 12.2 Å². The largest absolute Gasteiger partial charge is 0.315 e. The van der Waals surface area contributed by atoms with E-state index in [4.69, 9.17) is 0 Å². The molecule has 0 bridgehead atoms. The summed E-state index contributed by atoms with van der Waals surface area (Å²) in [5, 5.41) is 9.20. The number of nitrogens with one attached hydrogen (secondary N) is 2. The van der Waals surface area contributed by atoms with E-state index in [1.54, 1.807) is 6.33 Å². The number of hydrogen-bond acceptors (Lipinski definition) is 5. The van der Waals surface area contributed by atoms with E-state index in [0.29, 0.717) is 13.1 Å². The molecule has 2 heterocycles. The van der Waals surface area contributed by atoms with Crippen LogP contribution in [0.1, 0.15) is 24.9 Å².